The lowest BCUT2D eigenvalue weighted by atomic mass is 9.96. The third-order valence-electron chi connectivity index (χ3n) is 3.61. The highest BCUT2D eigenvalue weighted by Crippen LogP contribution is 2.40. The fraction of sp³-hybridized carbons (Fsp3) is 0.571. The Morgan fingerprint density at radius 3 is 2.60 bits per heavy atom. The van der Waals surface area contributed by atoms with Crippen molar-refractivity contribution in [2.24, 2.45) is 0 Å². The molecule has 0 bridgehead atoms. The topological polar surface area (TPSA) is 55.7 Å². The Hall–Kier alpha value is -1.24. The third kappa shape index (κ3) is 3.08. The van der Waals surface area contributed by atoms with E-state index in [9.17, 15) is 13.9 Å². The predicted octanol–water partition coefficient (Wildman–Crippen LogP) is 1.27. The molecular formula is C14H20F2N2O2. The van der Waals surface area contributed by atoms with E-state index in [0.29, 0.717) is 26.2 Å². The summed E-state index contributed by atoms with van der Waals surface area (Å²) in [5.41, 5.74) is 0.970. The molecule has 0 amide bonds. The second-order valence-corrected chi connectivity index (χ2v) is 5.17. The molecule has 1 aromatic carbocycles. The minimum absolute atomic E-state index is 0.160. The van der Waals surface area contributed by atoms with Crippen molar-refractivity contribution in [3.63, 3.8) is 0 Å². The molecule has 2 rings (SSSR count). The van der Waals surface area contributed by atoms with E-state index in [2.05, 4.69) is 5.32 Å². The number of hydrogen-bond donors (Lipinski definition) is 3. The quantitative estimate of drug-likeness (QED) is 0.780. The molecule has 112 valence electrons. The molecule has 1 fully saturated rings. The van der Waals surface area contributed by atoms with Gasteiger partial charge in [0.05, 0.1) is 0 Å². The van der Waals surface area contributed by atoms with E-state index in [1.807, 2.05) is 0 Å². The van der Waals surface area contributed by atoms with Gasteiger partial charge in [-0.2, -0.15) is 0 Å². The molecule has 20 heavy (non-hydrogen) atoms. The van der Waals surface area contributed by atoms with Gasteiger partial charge in [0.25, 0.3) is 5.92 Å². The maximum Gasteiger partial charge on any atom is 0.290 e. The number of alkyl halides is 2. The van der Waals surface area contributed by atoms with Crippen molar-refractivity contribution < 1.29 is 19.0 Å². The van der Waals surface area contributed by atoms with Crippen LogP contribution in [0, 0.1) is 6.92 Å². The Morgan fingerprint density at radius 2 is 2.00 bits per heavy atom. The van der Waals surface area contributed by atoms with Crippen LogP contribution in [0.3, 0.4) is 0 Å². The van der Waals surface area contributed by atoms with Crippen molar-refractivity contribution in [1.29, 1.82) is 0 Å². The van der Waals surface area contributed by atoms with Crippen LogP contribution in [-0.4, -0.2) is 53.8 Å². The molecule has 6 heteroatoms. The standard InChI is InChI=1S/C14H20F2N2O2/c1-10-2-3-12(20)11(8-10)13(14(15,16)9-19)18-6-4-17-5-7-18/h2-3,8,13,17,19-20H,4-7,9H2,1H3/t13-/m1/s1. The fourth-order valence-electron chi connectivity index (χ4n) is 2.61. The summed E-state index contributed by atoms with van der Waals surface area (Å²) in [6.07, 6.45) is 0. The zero-order valence-electron chi connectivity index (χ0n) is 11.4. The number of nitrogens with one attached hydrogen (secondary N) is 1. The molecule has 0 spiro atoms. The van der Waals surface area contributed by atoms with E-state index >= 15 is 0 Å². The number of phenols is 1. The van der Waals surface area contributed by atoms with E-state index in [4.69, 9.17) is 5.11 Å². The number of benzene rings is 1. The SMILES string of the molecule is Cc1ccc(O)c([C@@H](N2CCNCC2)C(F)(F)CO)c1. The Bertz CT molecular complexity index is 462. The number of piperazine rings is 1. The van der Waals surface area contributed by atoms with Gasteiger partial charge in [0.15, 0.2) is 0 Å². The summed E-state index contributed by atoms with van der Waals surface area (Å²) in [6.45, 7) is 2.68. The molecule has 0 radical (unpaired) electrons. The van der Waals surface area contributed by atoms with Crippen molar-refractivity contribution in [2.45, 2.75) is 18.9 Å². The Kier molecular flexibility index (Phi) is 4.57. The highest BCUT2D eigenvalue weighted by Gasteiger charge is 2.45. The van der Waals surface area contributed by atoms with Gasteiger partial charge in [0.1, 0.15) is 18.4 Å². The first-order valence-electron chi connectivity index (χ1n) is 6.68. The van der Waals surface area contributed by atoms with Crippen LogP contribution < -0.4 is 5.32 Å². The van der Waals surface area contributed by atoms with Gasteiger partial charge in [-0.1, -0.05) is 17.7 Å². The average molecular weight is 286 g/mol. The third-order valence-corrected chi connectivity index (χ3v) is 3.61. The Labute approximate surface area is 117 Å². The molecule has 0 unspecified atom stereocenters. The van der Waals surface area contributed by atoms with Gasteiger partial charge in [0.2, 0.25) is 0 Å². The summed E-state index contributed by atoms with van der Waals surface area (Å²) in [6, 6.07) is 3.35. The van der Waals surface area contributed by atoms with Crippen molar-refractivity contribution in [2.75, 3.05) is 32.8 Å². The number of hydrogen-bond acceptors (Lipinski definition) is 4. The molecule has 0 saturated carbocycles. The first kappa shape index (κ1) is 15.2. The van der Waals surface area contributed by atoms with Crippen LogP contribution in [0.25, 0.3) is 0 Å². The van der Waals surface area contributed by atoms with Gasteiger partial charge in [-0.3, -0.25) is 4.90 Å². The van der Waals surface area contributed by atoms with Crippen LogP contribution in [0.2, 0.25) is 0 Å². The van der Waals surface area contributed by atoms with Crippen molar-refractivity contribution in [1.82, 2.24) is 10.2 Å². The molecule has 1 aromatic rings. The van der Waals surface area contributed by atoms with E-state index in [1.54, 1.807) is 24.0 Å². The molecule has 4 nitrogen and oxygen atoms in total. The van der Waals surface area contributed by atoms with Gasteiger partial charge in [-0.25, -0.2) is 8.78 Å². The largest absolute Gasteiger partial charge is 0.508 e. The number of nitrogens with zero attached hydrogens (tertiary/aromatic N) is 1. The molecule has 0 aromatic heterocycles. The number of aryl methyl sites for hydroxylation is 1. The highest BCUT2D eigenvalue weighted by molar-refractivity contribution is 5.39. The molecule has 0 aliphatic carbocycles. The zero-order valence-corrected chi connectivity index (χ0v) is 11.4. The summed E-state index contributed by atoms with van der Waals surface area (Å²) < 4.78 is 28.4. The summed E-state index contributed by atoms with van der Waals surface area (Å²) in [7, 11) is 0. The number of halogens is 2. The first-order valence-corrected chi connectivity index (χ1v) is 6.68. The van der Waals surface area contributed by atoms with Crippen LogP contribution in [0.15, 0.2) is 18.2 Å². The lowest BCUT2D eigenvalue weighted by Crippen LogP contribution is -2.51. The van der Waals surface area contributed by atoms with Gasteiger partial charge < -0.3 is 15.5 Å². The molecule has 1 aliphatic rings. The number of phenolic OH excluding ortho intramolecular Hbond substituents is 1. The second kappa shape index (κ2) is 6.03. The minimum atomic E-state index is -3.30. The maximum absolute atomic E-state index is 14.2. The lowest BCUT2D eigenvalue weighted by Gasteiger charge is -2.39. The monoisotopic (exact) mass is 286 g/mol. The molecule has 3 N–H and O–H groups in total. The van der Waals surface area contributed by atoms with Crippen molar-refractivity contribution >= 4 is 0 Å². The molecule has 1 aliphatic heterocycles. The minimum Gasteiger partial charge on any atom is -0.508 e. The lowest BCUT2D eigenvalue weighted by molar-refractivity contribution is -0.119. The highest BCUT2D eigenvalue weighted by atomic mass is 19.3. The predicted molar refractivity (Wildman–Crippen MR) is 72.1 cm³/mol. The number of rotatable bonds is 4. The van der Waals surface area contributed by atoms with Gasteiger partial charge >= 0.3 is 0 Å². The number of aromatic hydroxyl groups is 1. The smallest absolute Gasteiger partial charge is 0.290 e. The van der Waals surface area contributed by atoms with Crippen LogP contribution in [-0.2, 0) is 0 Å². The van der Waals surface area contributed by atoms with Gasteiger partial charge in [-0.05, 0) is 13.0 Å². The van der Waals surface area contributed by atoms with E-state index in [0.717, 1.165) is 5.56 Å². The Morgan fingerprint density at radius 1 is 1.35 bits per heavy atom. The summed E-state index contributed by atoms with van der Waals surface area (Å²) in [5.74, 6) is -3.46. The summed E-state index contributed by atoms with van der Waals surface area (Å²) >= 11 is 0. The van der Waals surface area contributed by atoms with Gasteiger partial charge in [-0.15, -0.1) is 0 Å². The van der Waals surface area contributed by atoms with Crippen LogP contribution in [0.5, 0.6) is 5.75 Å². The number of aliphatic hydroxyl groups excluding tert-OH is 1. The molecule has 1 saturated heterocycles. The van der Waals surface area contributed by atoms with Crippen LogP contribution in [0.1, 0.15) is 17.2 Å². The first-order chi connectivity index (χ1) is 9.45. The van der Waals surface area contributed by atoms with E-state index in [-0.39, 0.29) is 11.3 Å². The molecular weight excluding hydrogens is 266 g/mol. The Balaban J connectivity index is 2.42. The molecule has 1 atom stereocenters. The number of aliphatic hydroxyl groups is 1. The van der Waals surface area contributed by atoms with Crippen molar-refractivity contribution in [3.8, 4) is 5.75 Å². The normalized spacial score (nSPS) is 19.0. The fourth-order valence-corrected chi connectivity index (χ4v) is 2.61. The summed E-state index contributed by atoms with van der Waals surface area (Å²) in [4.78, 5) is 1.61. The molecule has 1 heterocycles. The summed E-state index contributed by atoms with van der Waals surface area (Å²) in [5, 5.41) is 22.1. The van der Waals surface area contributed by atoms with E-state index < -0.39 is 18.6 Å². The average Bonchev–Trinajstić information content (AvgIpc) is 2.44. The zero-order chi connectivity index (χ0) is 14.8. The van der Waals surface area contributed by atoms with Crippen LogP contribution >= 0.6 is 0 Å². The van der Waals surface area contributed by atoms with Crippen molar-refractivity contribution in [3.05, 3.63) is 29.3 Å². The van der Waals surface area contributed by atoms with Crippen LogP contribution in [0.4, 0.5) is 8.78 Å². The second-order valence-electron chi connectivity index (χ2n) is 5.17. The van der Waals surface area contributed by atoms with E-state index in [1.165, 1.54) is 6.07 Å². The van der Waals surface area contributed by atoms with Gasteiger partial charge in [0, 0.05) is 31.7 Å². The maximum atomic E-state index is 14.2.